The summed E-state index contributed by atoms with van der Waals surface area (Å²) in [6, 6.07) is 0. The van der Waals surface area contributed by atoms with E-state index in [1.807, 2.05) is 0 Å². The smallest absolute Gasteiger partial charge is 0.280 e. The van der Waals surface area contributed by atoms with Gasteiger partial charge in [0.25, 0.3) is 5.56 Å². The molecule has 5 atom stereocenters. The second-order valence-electron chi connectivity index (χ2n) is 4.99. The zero-order valence-corrected chi connectivity index (χ0v) is 11.0. The number of hydrogen-bond donors (Lipinski definition) is 5. The Morgan fingerprint density at radius 2 is 2.19 bits per heavy atom. The van der Waals surface area contributed by atoms with Gasteiger partial charge in [-0.05, 0) is 6.92 Å². The van der Waals surface area contributed by atoms with Crippen molar-refractivity contribution in [2.45, 2.75) is 37.6 Å². The van der Waals surface area contributed by atoms with Gasteiger partial charge in [-0.2, -0.15) is 4.98 Å². The molecule has 1 fully saturated rings. The molecular formula is C11H15N5O5. The number of aliphatic hydroxyl groups is 3. The van der Waals surface area contributed by atoms with E-state index in [1.54, 1.807) is 0 Å². The zero-order valence-electron chi connectivity index (χ0n) is 11.0. The van der Waals surface area contributed by atoms with E-state index < -0.39 is 36.2 Å². The molecule has 1 aliphatic rings. The summed E-state index contributed by atoms with van der Waals surface area (Å²) in [6.07, 6.45) is -4.27. The second kappa shape index (κ2) is 4.77. The van der Waals surface area contributed by atoms with E-state index in [9.17, 15) is 20.1 Å². The largest absolute Gasteiger partial charge is 0.391 e. The third-order valence-electron chi connectivity index (χ3n) is 3.48. The van der Waals surface area contributed by atoms with Crippen LogP contribution in [-0.4, -0.2) is 59.3 Å². The molecule has 6 N–H and O–H groups in total. The number of nitrogen functional groups attached to an aromatic ring is 1. The molecule has 21 heavy (non-hydrogen) atoms. The molecule has 0 amide bonds. The first-order valence-corrected chi connectivity index (χ1v) is 6.32. The fourth-order valence-corrected chi connectivity index (χ4v) is 2.44. The molecule has 0 bridgehead atoms. The van der Waals surface area contributed by atoms with Crippen molar-refractivity contribution < 1.29 is 20.1 Å². The van der Waals surface area contributed by atoms with Gasteiger partial charge in [-0.25, -0.2) is 4.98 Å². The average molecular weight is 297 g/mol. The number of imidazole rings is 1. The molecule has 0 saturated carbocycles. The maximum Gasteiger partial charge on any atom is 0.280 e. The Labute approximate surface area is 117 Å². The molecule has 10 heteroatoms. The Bertz CT molecular complexity index is 725. The lowest BCUT2D eigenvalue weighted by Gasteiger charge is -2.17. The van der Waals surface area contributed by atoms with Crippen LogP contribution in [0.4, 0.5) is 5.95 Å². The summed E-state index contributed by atoms with van der Waals surface area (Å²) in [6.45, 7) is 1.44. The van der Waals surface area contributed by atoms with Gasteiger partial charge in [0.1, 0.15) is 18.3 Å². The van der Waals surface area contributed by atoms with Gasteiger partial charge in [0, 0.05) is 0 Å². The first kappa shape index (κ1) is 13.9. The Morgan fingerprint density at radius 1 is 1.48 bits per heavy atom. The lowest BCUT2D eigenvalue weighted by atomic mass is 10.1. The molecular weight excluding hydrogens is 282 g/mol. The van der Waals surface area contributed by atoms with Crippen molar-refractivity contribution in [2.24, 2.45) is 0 Å². The van der Waals surface area contributed by atoms with E-state index in [4.69, 9.17) is 10.5 Å². The summed E-state index contributed by atoms with van der Waals surface area (Å²) in [5.74, 6) is -0.102. The molecule has 1 saturated heterocycles. The number of anilines is 1. The first-order valence-electron chi connectivity index (χ1n) is 6.32. The molecule has 2 aromatic rings. The predicted molar refractivity (Wildman–Crippen MR) is 70.2 cm³/mol. The van der Waals surface area contributed by atoms with Gasteiger partial charge in [-0.3, -0.25) is 14.3 Å². The summed E-state index contributed by atoms with van der Waals surface area (Å²) >= 11 is 0. The summed E-state index contributed by atoms with van der Waals surface area (Å²) < 4.78 is 6.76. The number of aromatic amines is 1. The van der Waals surface area contributed by atoms with Crippen molar-refractivity contribution in [3.05, 3.63) is 16.7 Å². The van der Waals surface area contributed by atoms with E-state index in [2.05, 4.69) is 15.0 Å². The quantitative estimate of drug-likeness (QED) is 0.414. The summed E-state index contributed by atoms with van der Waals surface area (Å²) in [7, 11) is 0. The number of nitrogens with one attached hydrogen (secondary N) is 1. The maximum atomic E-state index is 11.7. The minimum absolute atomic E-state index is 0.0370. The van der Waals surface area contributed by atoms with E-state index >= 15 is 0 Å². The molecule has 3 rings (SSSR count). The van der Waals surface area contributed by atoms with Gasteiger partial charge < -0.3 is 25.8 Å². The monoisotopic (exact) mass is 297 g/mol. The van der Waals surface area contributed by atoms with Gasteiger partial charge in [0.2, 0.25) is 5.95 Å². The third kappa shape index (κ3) is 2.08. The Kier molecular flexibility index (Phi) is 3.17. The van der Waals surface area contributed by atoms with Crippen LogP contribution in [0.5, 0.6) is 0 Å². The highest BCUT2D eigenvalue weighted by Crippen LogP contribution is 2.32. The number of aliphatic hydroxyl groups excluding tert-OH is 3. The average Bonchev–Trinajstić information content (AvgIpc) is 2.93. The van der Waals surface area contributed by atoms with E-state index in [1.165, 1.54) is 17.8 Å². The fourth-order valence-electron chi connectivity index (χ4n) is 2.44. The van der Waals surface area contributed by atoms with Crippen LogP contribution in [0.25, 0.3) is 11.2 Å². The standard InChI is InChI=1S/C11H15N5O5/c1-3(17)7-5(18)6(19)10(21-7)16-2-13-4-8(16)14-11(12)15-9(4)20/h2-3,5-7,10,17-19H,1H3,(H3,12,14,15,20)/t3?,5-,6+,7?,10+/m0/s1. The highest BCUT2D eigenvalue weighted by Gasteiger charge is 2.46. The van der Waals surface area contributed by atoms with E-state index in [0.717, 1.165) is 0 Å². The molecule has 2 unspecified atom stereocenters. The minimum Gasteiger partial charge on any atom is -0.391 e. The van der Waals surface area contributed by atoms with E-state index in [0.29, 0.717) is 0 Å². The van der Waals surface area contributed by atoms with Crippen LogP contribution >= 0.6 is 0 Å². The number of rotatable bonds is 2. The number of ether oxygens (including phenoxy) is 1. The highest BCUT2D eigenvalue weighted by atomic mass is 16.6. The van der Waals surface area contributed by atoms with Crippen LogP contribution in [0.2, 0.25) is 0 Å². The topological polar surface area (TPSA) is 160 Å². The third-order valence-corrected chi connectivity index (χ3v) is 3.48. The van der Waals surface area contributed by atoms with Gasteiger partial charge in [-0.1, -0.05) is 0 Å². The van der Waals surface area contributed by atoms with Gasteiger partial charge in [0.05, 0.1) is 12.4 Å². The molecule has 0 radical (unpaired) electrons. The van der Waals surface area contributed by atoms with Crippen LogP contribution in [0.15, 0.2) is 11.1 Å². The van der Waals surface area contributed by atoms with Crippen molar-refractivity contribution in [1.29, 1.82) is 0 Å². The number of hydrogen-bond acceptors (Lipinski definition) is 8. The number of nitrogens with two attached hydrogens (primary N) is 1. The minimum atomic E-state index is -1.30. The molecule has 0 aliphatic carbocycles. The van der Waals surface area contributed by atoms with Gasteiger partial charge in [0.15, 0.2) is 17.4 Å². The van der Waals surface area contributed by atoms with Crippen LogP contribution in [0.1, 0.15) is 13.2 Å². The first-order chi connectivity index (χ1) is 9.90. The number of aromatic nitrogens is 4. The predicted octanol–water partition coefficient (Wildman–Crippen LogP) is -2.30. The molecule has 10 nitrogen and oxygen atoms in total. The lowest BCUT2D eigenvalue weighted by Crippen LogP contribution is -2.37. The van der Waals surface area contributed by atoms with Crippen LogP contribution < -0.4 is 11.3 Å². The molecule has 2 aromatic heterocycles. The van der Waals surface area contributed by atoms with Crippen molar-refractivity contribution in [2.75, 3.05) is 5.73 Å². The van der Waals surface area contributed by atoms with E-state index in [-0.39, 0.29) is 17.1 Å². The zero-order chi connectivity index (χ0) is 15.3. The van der Waals surface area contributed by atoms with Gasteiger partial charge >= 0.3 is 0 Å². The van der Waals surface area contributed by atoms with Crippen LogP contribution in [0.3, 0.4) is 0 Å². The summed E-state index contributed by atoms with van der Waals surface area (Å²) in [5.41, 5.74) is 5.13. The number of H-pyrrole nitrogens is 1. The van der Waals surface area contributed by atoms with Gasteiger partial charge in [-0.15, -0.1) is 0 Å². The molecule has 3 heterocycles. The molecule has 0 aromatic carbocycles. The number of fused-ring (bicyclic) bond motifs is 1. The fraction of sp³-hybridized carbons (Fsp3) is 0.545. The summed E-state index contributed by atoms with van der Waals surface area (Å²) in [4.78, 5) is 21.9. The number of nitrogens with zero attached hydrogens (tertiary/aromatic N) is 3. The Hall–Kier alpha value is -2.01. The highest BCUT2D eigenvalue weighted by molar-refractivity contribution is 5.70. The molecule has 1 aliphatic heterocycles. The normalized spacial score (nSPS) is 30.9. The van der Waals surface area contributed by atoms with Crippen molar-refractivity contribution >= 4 is 17.1 Å². The van der Waals surface area contributed by atoms with Crippen LogP contribution in [-0.2, 0) is 4.74 Å². The summed E-state index contributed by atoms with van der Waals surface area (Å²) in [5, 5.41) is 29.5. The van der Waals surface area contributed by atoms with Crippen molar-refractivity contribution in [3.8, 4) is 0 Å². The maximum absolute atomic E-state index is 11.7. The second-order valence-corrected chi connectivity index (χ2v) is 4.99. The Morgan fingerprint density at radius 3 is 2.81 bits per heavy atom. The van der Waals surface area contributed by atoms with Crippen LogP contribution in [0, 0.1) is 0 Å². The molecule has 114 valence electrons. The van der Waals surface area contributed by atoms with Crippen molar-refractivity contribution in [3.63, 3.8) is 0 Å². The molecule has 0 spiro atoms. The lowest BCUT2D eigenvalue weighted by molar-refractivity contribution is -0.0777. The van der Waals surface area contributed by atoms with Crippen molar-refractivity contribution in [1.82, 2.24) is 19.5 Å². The SMILES string of the molecule is CC(O)C1O[C@@H](n2cnc3c(=O)[nH]c(N)nc32)[C@H](O)[C@@H]1O. The Balaban J connectivity index is 2.07.